The van der Waals surface area contributed by atoms with Crippen molar-refractivity contribution in [1.82, 2.24) is 4.90 Å². The van der Waals surface area contributed by atoms with Crippen molar-refractivity contribution in [2.24, 2.45) is 0 Å². The number of rotatable bonds is 8. The van der Waals surface area contributed by atoms with E-state index < -0.39 is 27.7 Å². The fourth-order valence-electron chi connectivity index (χ4n) is 4.37. The van der Waals surface area contributed by atoms with Crippen molar-refractivity contribution in [3.8, 4) is 0 Å². The maximum Gasteiger partial charge on any atom is 0.416 e. The van der Waals surface area contributed by atoms with Gasteiger partial charge in [-0.2, -0.15) is 13.2 Å². The molecule has 12 heteroatoms. The first-order valence-electron chi connectivity index (χ1n) is 12.7. The molecule has 1 saturated heterocycles. The Balaban J connectivity index is 1.22. The first-order valence-corrected chi connectivity index (χ1v) is 15.2. The monoisotopic (exact) mass is 611 g/mol. The number of amides is 2. The highest BCUT2D eigenvalue weighted by atomic mass is 32.2. The van der Waals surface area contributed by atoms with E-state index in [1.807, 2.05) is 35.2 Å². The third kappa shape index (κ3) is 6.77. The molecule has 0 spiro atoms. The van der Waals surface area contributed by atoms with E-state index in [2.05, 4.69) is 10.0 Å². The Labute approximate surface area is 244 Å². The second kappa shape index (κ2) is 11.9. The molecular weight excluding hydrogens is 587 g/mol. The molecular formula is C30H24F3N3O4S2. The Morgan fingerprint density at radius 3 is 2.24 bits per heavy atom. The number of hydrogen-bond donors (Lipinski definition) is 2. The number of halogens is 3. The van der Waals surface area contributed by atoms with Crippen LogP contribution in [0.2, 0.25) is 0 Å². The van der Waals surface area contributed by atoms with Crippen LogP contribution in [0.15, 0.2) is 108 Å². The quantitative estimate of drug-likeness (QED) is 0.236. The minimum Gasteiger partial charge on any atom is -0.322 e. The molecule has 1 aliphatic heterocycles. The van der Waals surface area contributed by atoms with Gasteiger partial charge in [0.25, 0.3) is 15.9 Å². The average molecular weight is 612 g/mol. The fraction of sp³-hybridized carbons (Fsp3) is 0.133. The highest BCUT2D eigenvalue weighted by Gasteiger charge is 2.33. The molecule has 0 radical (unpaired) electrons. The van der Waals surface area contributed by atoms with Crippen molar-refractivity contribution < 1.29 is 31.2 Å². The molecule has 7 nitrogen and oxygen atoms in total. The molecule has 4 aromatic rings. The standard InChI is InChI=1S/C30H24F3N3O4S2/c31-30(32,33)23-7-4-8-25(17-23)35-42(39,40)26-15-13-24(14-16-26)34-28(38)21-9-11-22(12-10-21)29-36(27(37)19-41-29)18-20-5-2-1-3-6-20/h1-17,29,35H,18-19H2,(H,34,38)/t29-/m1/s1. The van der Waals surface area contributed by atoms with E-state index in [1.54, 1.807) is 24.3 Å². The molecule has 0 aliphatic carbocycles. The highest BCUT2D eigenvalue weighted by molar-refractivity contribution is 8.00. The van der Waals surface area contributed by atoms with Crippen LogP contribution in [0.5, 0.6) is 0 Å². The summed E-state index contributed by atoms with van der Waals surface area (Å²) in [7, 11) is -4.17. The molecule has 216 valence electrons. The molecule has 2 amide bonds. The van der Waals surface area contributed by atoms with Crippen molar-refractivity contribution in [3.05, 3.63) is 125 Å². The van der Waals surface area contributed by atoms with Crippen LogP contribution in [0.1, 0.15) is 32.4 Å². The van der Waals surface area contributed by atoms with E-state index in [1.165, 1.54) is 42.1 Å². The van der Waals surface area contributed by atoms with Crippen LogP contribution in [-0.4, -0.2) is 30.9 Å². The van der Waals surface area contributed by atoms with Gasteiger partial charge in [-0.3, -0.25) is 14.3 Å². The summed E-state index contributed by atoms with van der Waals surface area (Å²) in [5.74, 6) is 0.00248. The van der Waals surface area contributed by atoms with E-state index in [4.69, 9.17) is 0 Å². The number of carbonyl (C=O) groups excluding carboxylic acids is 2. The number of anilines is 2. The predicted molar refractivity (Wildman–Crippen MR) is 155 cm³/mol. The zero-order chi connectivity index (χ0) is 29.9. The Morgan fingerprint density at radius 2 is 1.57 bits per heavy atom. The van der Waals surface area contributed by atoms with Crippen LogP contribution < -0.4 is 10.0 Å². The molecule has 0 saturated carbocycles. The number of alkyl halides is 3. The molecule has 0 bridgehead atoms. The molecule has 1 fully saturated rings. The molecule has 2 N–H and O–H groups in total. The summed E-state index contributed by atoms with van der Waals surface area (Å²) in [5, 5.41) is 2.53. The number of hydrogen-bond acceptors (Lipinski definition) is 5. The molecule has 1 aliphatic rings. The Bertz CT molecular complexity index is 1700. The van der Waals surface area contributed by atoms with Crippen LogP contribution in [0.25, 0.3) is 0 Å². The zero-order valence-electron chi connectivity index (χ0n) is 21.8. The van der Waals surface area contributed by atoms with Gasteiger partial charge in [0.2, 0.25) is 5.91 Å². The third-order valence-electron chi connectivity index (χ3n) is 6.49. The van der Waals surface area contributed by atoms with Crippen LogP contribution in [0.3, 0.4) is 0 Å². The van der Waals surface area contributed by atoms with Gasteiger partial charge in [0.1, 0.15) is 5.37 Å². The van der Waals surface area contributed by atoms with E-state index in [0.29, 0.717) is 29.6 Å². The van der Waals surface area contributed by atoms with Crippen molar-refractivity contribution >= 4 is 45.0 Å². The van der Waals surface area contributed by atoms with Gasteiger partial charge in [-0.1, -0.05) is 48.5 Å². The van der Waals surface area contributed by atoms with Crippen LogP contribution in [0.4, 0.5) is 24.5 Å². The zero-order valence-corrected chi connectivity index (χ0v) is 23.5. The molecule has 42 heavy (non-hydrogen) atoms. The van der Waals surface area contributed by atoms with Crippen molar-refractivity contribution in [2.75, 3.05) is 15.8 Å². The van der Waals surface area contributed by atoms with E-state index in [-0.39, 0.29) is 21.9 Å². The normalized spacial score (nSPS) is 15.5. The van der Waals surface area contributed by atoms with Crippen molar-refractivity contribution in [2.45, 2.75) is 23.0 Å². The lowest BCUT2D eigenvalue weighted by Crippen LogP contribution is -2.27. The van der Waals surface area contributed by atoms with E-state index in [9.17, 15) is 31.2 Å². The van der Waals surface area contributed by atoms with Crippen LogP contribution in [0, 0.1) is 0 Å². The van der Waals surface area contributed by atoms with E-state index in [0.717, 1.165) is 23.3 Å². The summed E-state index contributed by atoms with van der Waals surface area (Å²) in [6, 6.07) is 25.8. The number of carbonyl (C=O) groups is 2. The summed E-state index contributed by atoms with van der Waals surface area (Å²) in [6.45, 7) is 0.487. The fourth-order valence-corrected chi connectivity index (χ4v) is 6.61. The topological polar surface area (TPSA) is 95.6 Å². The number of nitrogens with zero attached hydrogens (tertiary/aromatic N) is 1. The van der Waals surface area contributed by atoms with Crippen molar-refractivity contribution in [1.29, 1.82) is 0 Å². The lowest BCUT2D eigenvalue weighted by atomic mass is 10.1. The Morgan fingerprint density at radius 1 is 0.881 bits per heavy atom. The van der Waals surface area contributed by atoms with Gasteiger partial charge >= 0.3 is 6.18 Å². The first kappa shape index (κ1) is 29.2. The Kier molecular flexibility index (Phi) is 8.28. The smallest absolute Gasteiger partial charge is 0.322 e. The lowest BCUT2D eigenvalue weighted by molar-refractivity contribution is -0.137. The van der Waals surface area contributed by atoms with Crippen LogP contribution in [-0.2, 0) is 27.5 Å². The summed E-state index contributed by atoms with van der Waals surface area (Å²) in [4.78, 5) is 27.0. The highest BCUT2D eigenvalue weighted by Crippen LogP contribution is 2.39. The summed E-state index contributed by atoms with van der Waals surface area (Å²) in [5.41, 5.74) is 1.41. The molecule has 0 unspecified atom stereocenters. The Hall–Kier alpha value is -4.29. The average Bonchev–Trinajstić information content (AvgIpc) is 3.33. The molecule has 0 aromatic heterocycles. The number of thioether (sulfide) groups is 1. The van der Waals surface area contributed by atoms with Crippen LogP contribution >= 0.6 is 11.8 Å². The van der Waals surface area contributed by atoms with Gasteiger partial charge in [-0.15, -0.1) is 11.8 Å². The second-order valence-electron chi connectivity index (χ2n) is 9.46. The first-order chi connectivity index (χ1) is 20.0. The van der Waals surface area contributed by atoms with Gasteiger partial charge in [-0.05, 0) is 65.7 Å². The second-order valence-corrected chi connectivity index (χ2v) is 12.2. The van der Waals surface area contributed by atoms with Gasteiger partial charge < -0.3 is 10.2 Å². The summed E-state index contributed by atoms with van der Waals surface area (Å²) >= 11 is 1.52. The largest absolute Gasteiger partial charge is 0.416 e. The number of sulfonamides is 1. The van der Waals surface area contributed by atoms with Gasteiger partial charge in [-0.25, -0.2) is 8.42 Å². The van der Waals surface area contributed by atoms with Gasteiger partial charge in [0.05, 0.1) is 16.2 Å². The molecule has 1 atom stereocenters. The maximum atomic E-state index is 13.0. The third-order valence-corrected chi connectivity index (χ3v) is 9.14. The summed E-state index contributed by atoms with van der Waals surface area (Å²) in [6.07, 6.45) is -4.61. The molecule has 4 aromatic carbocycles. The van der Waals surface area contributed by atoms with E-state index >= 15 is 0 Å². The lowest BCUT2D eigenvalue weighted by Gasteiger charge is -2.24. The predicted octanol–water partition coefficient (Wildman–Crippen LogP) is 6.53. The SMILES string of the molecule is O=C(Nc1ccc(S(=O)(=O)Nc2cccc(C(F)(F)F)c2)cc1)c1ccc([C@H]2SCC(=O)N2Cc2ccccc2)cc1. The summed E-state index contributed by atoms with van der Waals surface area (Å²) < 4.78 is 66.4. The van der Waals surface area contributed by atoms with Gasteiger partial charge in [0.15, 0.2) is 0 Å². The number of benzene rings is 4. The van der Waals surface area contributed by atoms with Crippen molar-refractivity contribution in [3.63, 3.8) is 0 Å². The minimum absolute atomic E-state index is 0.0474. The molecule has 5 rings (SSSR count). The maximum absolute atomic E-state index is 13.0. The minimum atomic E-state index is -4.61. The number of nitrogens with one attached hydrogen (secondary N) is 2. The van der Waals surface area contributed by atoms with Gasteiger partial charge in [0, 0.05) is 23.5 Å². The molecule has 1 heterocycles.